The van der Waals surface area contributed by atoms with Crippen molar-refractivity contribution < 1.29 is 14.3 Å². The number of thioether (sulfide) groups is 1. The lowest BCUT2D eigenvalue weighted by atomic mass is 10.2. The molecule has 0 unspecified atom stereocenters. The van der Waals surface area contributed by atoms with Crippen molar-refractivity contribution in [3.63, 3.8) is 0 Å². The Balaban J connectivity index is 1.91. The van der Waals surface area contributed by atoms with Crippen LogP contribution in [0, 0.1) is 0 Å². The molecule has 0 aliphatic carbocycles. The van der Waals surface area contributed by atoms with E-state index in [-0.39, 0.29) is 6.61 Å². The fourth-order valence-electron chi connectivity index (χ4n) is 1.37. The summed E-state index contributed by atoms with van der Waals surface area (Å²) >= 11 is 7.45. The van der Waals surface area contributed by atoms with Crippen molar-refractivity contribution in [2.24, 2.45) is 0 Å². The third-order valence-electron chi connectivity index (χ3n) is 2.20. The number of aliphatic hydroxyl groups excluding tert-OH is 1. The monoisotopic (exact) mass is 300 g/mol. The number of hydrogen-bond donors (Lipinski definition) is 1. The summed E-state index contributed by atoms with van der Waals surface area (Å²) in [5.74, 6) is 1.09. The smallest absolute Gasteiger partial charge is 0.276 e. The Kier molecular flexibility index (Phi) is 5.65. The first kappa shape index (κ1) is 14.3. The van der Waals surface area contributed by atoms with Crippen molar-refractivity contribution in [1.29, 1.82) is 0 Å². The minimum atomic E-state index is 0.0296. The van der Waals surface area contributed by atoms with E-state index in [4.69, 9.17) is 25.9 Å². The number of ether oxygens (including phenoxy) is 1. The summed E-state index contributed by atoms with van der Waals surface area (Å²) in [6, 6.07) is 7.31. The van der Waals surface area contributed by atoms with Crippen LogP contribution >= 0.6 is 23.4 Å². The number of aliphatic hydroxyl groups is 1. The molecule has 1 aromatic heterocycles. The van der Waals surface area contributed by atoms with Crippen LogP contribution in [0.4, 0.5) is 0 Å². The minimum Gasteiger partial charge on any atom is -0.411 e. The van der Waals surface area contributed by atoms with Crippen LogP contribution in [0.5, 0.6) is 0 Å². The Morgan fingerprint density at radius 3 is 2.89 bits per heavy atom. The second kappa shape index (κ2) is 7.49. The second-order valence-corrected chi connectivity index (χ2v) is 4.99. The predicted octanol–water partition coefficient (Wildman–Crippen LogP) is 2.49. The Morgan fingerprint density at radius 2 is 2.11 bits per heavy atom. The molecule has 0 aliphatic heterocycles. The van der Waals surface area contributed by atoms with Gasteiger partial charge in [0.25, 0.3) is 5.22 Å². The summed E-state index contributed by atoms with van der Waals surface area (Å²) in [6.45, 7) is 0.895. The molecule has 0 fully saturated rings. The van der Waals surface area contributed by atoms with Gasteiger partial charge in [0, 0.05) is 5.75 Å². The molecule has 0 amide bonds. The molecule has 1 heterocycles. The zero-order chi connectivity index (χ0) is 13.5. The molecule has 2 aromatic rings. The van der Waals surface area contributed by atoms with E-state index in [1.54, 1.807) is 6.07 Å². The molecule has 0 saturated heterocycles. The molecule has 5 nitrogen and oxygen atoms in total. The summed E-state index contributed by atoms with van der Waals surface area (Å²) < 4.78 is 10.6. The van der Waals surface area contributed by atoms with E-state index in [2.05, 4.69) is 10.2 Å². The first-order valence-electron chi connectivity index (χ1n) is 5.71. The first-order valence-corrected chi connectivity index (χ1v) is 7.07. The number of rotatable bonds is 7. The van der Waals surface area contributed by atoms with Crippen molar-refractivity contribution in [2.45, 2.75) is 5.22 Å². The molecule has 2 rings (SSSR count). The van der Waals surface area contributed by atoms with Crippen LogP contribution in [0.3, 0.4) is 0 Å². The lowest BCUT2D eigenvalue weighted by Crippen LogP contribution is -2.02. The van der Waals surface area contributed by atoms with Gasteiger partial charge in [-0.25, -0.2) is 0 Å². The standard InChI is InChI=1S/C12H13ClN2O3S/c13-10-4-2-1-3-9(10)11-14-15-12(18-11)19-8-7-17-6-5-16/h1-4,16H,5-8H2. The van der Waals surface area contributed by atoms with Crippen molar-refractivity contribution in [1.82, 2.24) is 10.2 Å². The molecule has 0 aliphatic rings. The van der Waals surface area contributed by atoms with Gasteiger partial charge in [0.15, 0.2) is 0 Å². The topological polar surface area (TPSA) is 68.4 Å². The van der Waals surface area contributed by atoms with Gasteiger partial charge in [-0.15, -0.1) is 10.2 Å². The third-order valence-corrected chi connectivity index (χ3v) is 3.31. The summed E-state index contributed by atoms with van der Waals surface area (Å²) in [7, 11) is 0. The third kappa shape index (κ3) is 4.21. The molecule has 0 radical (unpaired) electrons. The maximum atomic E-state index is 8.55. The lowest BCUT2D eigenvalue weighted by molar-refractivity contribution is 0.103. The molecule has 0 spiro atoms. The van der Waals surface area contributed by atoms with Gasteiger partial charge < -0.3 is 14.3 Å². The van der Waals surface area contributed by atoms with Crippen LogP contribution in [0.1, 0.15) is 0 Å². The van der Waals surface area contributed by atoms with E-state index >= 15 is 0 Å². The van der Waals surface area contributed by atoms with Crippen LogP contribution < -0.4 is 0 Å². The van der Waals surface area contributed by atoms with Gasteiger partial charge in [-0.3, -0.25) is 0 Å². The normalized spacial score (nSPS) is 10.8. The van der Waals surface area contributed by atoms with Gasteiger partial charge >= 0.3 is 0 Å². The van der Waals surface area contributed by atoms with Gasteiger partial charge in [0.1, 0.15) is 0 Å². The first-order chi connectivity index (χ1) is 9.31. The zero-order valence-electron chi connectivity index (χ0n) is 10.1. The highest BCUT2D eigenvalue weighted by Crippen LogP contribution is 2.28. The molecule has 1 N–H and O–H groups in total. The number of benzene rings is 1. The van der Waals surface area contributed by atoms with E-state index < -0.39 is 0 Å². The van der Waals surface area contributed by atoms with Gasteiger partial charge in [-0.05, 0) is 12.1 Å². The van der Waals surface area contributed by atoms with Crippen LogP contribution in [0.25, 0.3) is 11.5 Å². The number of nitrogens with zero attached hydrogens (tertiary/aromatic N) is 2. The van der Waals surface area contributed by atoms with Gasteiger partial charge in [0.05, 0.1) is 30.4 Å². The molecule has 7 heteroatoms. The second-order valence-electron chi connectivity index (χ2n) is 3.54. The Hall–Kier alpha value is -1.08. The molecule has 0 atom stereocenters. The summed E-state index contributed by atoms with van der Waals surface area (Å²) in [6.07, 6.45) is 0. The Morgan fingerprint density at radius 1 is 1.26 bits per heavy atom. The predicted molar refractivity (Wildman–Crippen MR) is 73.4 cm³/mol. The molecule has 102 valence electrons. The fraction of sp³-hybridized carbons (Fsp3) is 0.333. The van der Waals surface area contributed by atoms with Gasteiger partial charge in [0.2, 0.25) is 5.89 Å². The average Bonchev–Trinajstić information content (AvgIpc) is 2.88. The van der Waals surface area contributed by atoms with Crippen LogP contribution in [0.2, 0.25) is 5.02 Å². The van der Waals surface area contributed by atoms with Gasteiger partial charge in [-0.2, -0.15) is 0 Å². The van der Waals surface area contributed by atoms with Gasteiger partial charge in [-0.1, -0.05) is 35.5 Å². The Bertz CT molecular complexity index is 521. The summed E-state index contributed by atoms with van der Waals surface area (Å²) in [5.41, 5.74) is 0.722. The zero-order valence-corrected chi connectivity index (χ0v) is 11.7. The molecule has 19 heavy (non-hydrogen) atoms. The van der Waals surface area contributed by atoms with Crippen molar-refractivity contribution in [3.05, 3.63) is 29.3 Å². The number of hydrogen-bond acceptors (Lipinski definition) is 6. The SMILES string of the molecule is OCCOCCSc1nnc(-c2ccccc2Cl)o1. The summed E-state index contributed by atoms with van der Waals surface area (Å²) in [5, 5.41) is 17.5. The van der Waals surface area contributed by atoms with E-state index in [1.165, 1.54) is 11.8 Å². The quantitative estimate of drug-likeness (QED) is 0.626. The number of halogens is 1. The largest absolute Gasteiger partial charge is 0.411 e. The molecule has 1 aromatic carbocycles. The highest BCUT2D eigenvalue weighted by molar-refractivity contribution is 7.99. The maximum absolute atomic E-state index is 8.55. The minimum absolute atomic E-state index is 0.0296. The molecular formula is C12H13ClN2O3S. The van der Waals surface area contributed by atoms with E-state index in [0.29, 0.717) is 35.1 Å². The van der Waals surface area contributed by atoms with Crippen LogP contribution in [-0.2, 0) is 4.74 Å². The van der Waals surface area contributed by atoms with Crippen LogP contribution in [-0.4, -0.2) is 40.9 Å². The van der Waals surface area contributed by atoms with E-state index in [0.717, 1.165) is 5.56 Å². The van der Waals surface area contributed by atoms with Crippen LogP contribution in [0.15, 0.2) is 33.9 Å². The lowest BCUT2D eigenvalue weighted by Gasteiger charge is -1.99. The highest BCUT2D eigenvalue weighted by atomic mass is 35.5. The van der Waals surface area contributed by atoms with E-state index in [1.807, 2.05) is 18.2 Å². The average molecular weight is 301 g/mol. The summed E-state index contributed by atoms with van der Waals surface area (Å²) in [4.78, 5) is 0. The van der Waals surface area contributed by atoms with Crippen molar-refractivity contribution >= 4 is 23.4 Å². The van der Waals surface area contributed by atoms with Crippen molar-refractivity contribution in [3.8, 4) is 11.5 Å². The maximum Gasteiger partial charge on any atom is 0.276 e. The molecule has 0 bridgehead atoms. The number of aromatic nitrogens is 2. The Labute approximate surface area is 119 Å². The van der Waals surface area contributed by atoms with Crippen molar-refractivity contribution in [2.75, 3.05) is 25.6 Å². The highest BCUT2D eigenvalue weighted by Gasteiger charge is 2.11. The fourth-order valence-corrected chi connectivity index (χ4v) is 2.19. The molecule has 0 saturated carbocycles. The molecular weight excluding hydrogens is 288 g/mol. The van der Waals surface area contributed by atoms with E-state index in [9.17, 15) is 0 Å².